The summed E-state index contributed by atoms with van der Waals surface area (Å²) in [5.41, 5.74) is 10.5. The molecule has 0 aliphatic carbocycles. The molecule has 0 saturated carbocycles. The molecule has 10 heteroatoms. The standard InChI is InChI=1S/C19H26N10/c20-10-15-13(11-22-14-4-6-21-12-14)2-3-16(18(15)19-24-26-27-25-19)28-8-1-9-29-17(28)5-7-23-29/h2-3,5,7,14,21-22H,1,4,6,8-12,20H2,(H,24,25,26,27)/t14-/m1/s1. The molecule has 1 saturated heterocycles. The van der Waals surface area contributed by atoms with Gasteiger partial charge in [-0.25, -0.2) is 4.68 Å². The molecule has 0 radical (unpaired) electrons. The lowest BCUT2D eigenvalue weighted by Gasteiger charge is -2.32. The van der Waals surface area contributed by atoms with Gasteiger partial charge in [-0.05, 0) is 41.8 Å². The van der Waals surface area contributed by atoms with Gasteiger partial charge in [-0.2, -0.15) is 10.3 Å². The monoisotopic (exact) mass is 394 g/mol. The normalized spacial score (nSPS) is 18.9. The zero-order valence-electron chi connectivity index (χ0n) is 16.3. The van der Waals surface area contributed by atoms with Gasteiger partial charge in [0.2, 0.25) is 5.82 Å². The smallest absolute Gasteiger partial charge is 0.207 e. The zero-order valence-corrected chi connectivity index (χ0v) is 16.3. The quantitative estimate of drug-likeness (QED) is 0.477. The zero-order chi connectivity index (χ0) is 19.6. The van der Waals surface area contributed by atoms with Crippen molar-refractivity contribution >= 4 is 11.5 Å². The number of hydrogen-bond donors (Lipinski definition) is 4. The Balaban J connectivity index is 1.57. The van der Waals surface area contributed by atoms with Crippen molar-refractivity contribution in [3.8, 4) is 11.4 Å². The molecule has 29 heavy (non-hydrogen) atoms. The summed E-state index contributed by atoms with van der Waals surface area (Å²) in [6.07, 6.45) is 4.02. The Morgan fingerprint density at radius 3 is 3.00 bits per heavy atom. The number of benzene rings is 1. The molecule has 152 valence electrons. The van der Waals surface area contributed by atoms with Gasteiger partial charge >= 0.3 is 0 Å². The maximum Gasteiger partial charge on any atom is 0.207 e. The highest BCUT2D eigenvalue weighted by Crippen LogP contribution is 2.38. The fourth-order valence-corrected chi connectivity index (χ4v) is 4.37. The van der Waals surface area contributed by atoms with Crippen LogP contribution in [0.1, 0.15) is 24.0 Å². The minimum Gasteiger partial charge on any atom is -0.326 e. The number of aryl methyl sites for hydroxylation is 1. The second kappa shape index (κ2) is 7.90. The predicted octanol–water partition coefficient (Wildman–Crippen LogP) is 0.515. The number of nitrogens with one attached hydrogen (secondary N) is 3. The number of aromatic amines is 1. The van der Waals surface area contributed by atoms with E-state index < -0.39 is 0 Å². The third kappa shape index (κ3) is 3.39. The highest BCUT2D eigenvalue weighted by molar-refractivity contribution is 5.82. The summed E-state index contributed by atoms with van der Waals surface area (Å²) in [5.74, 6) is 1.65. The Morgan fingerprint density at radius 2 is 2.21 bits per heavy atom. The first-order chi connectivity index (χ1) is 14.3. The molecule has 10 nitrogen and oxygen atoms in total. The topological polar surface area (TPSA) is 126 Å². The van der Waals surface area contributed by atoms with Crippen molar-refractivity contribution in [3.05, 3.63) is 35.5 Å². The van der Waals surface area contributed by atoms with E-state index in [1.807, 2.05) is 16.9 Å². The molecular weight excluding hydrogens is 368 g/mol. The highest BCUT2D eigenvalue weighted by atomic mass is 15.5. The molecule has 0 spiro atoms. The molecule has 2 aliphatic heterocycles. The summed E-state index contributed by atoms with van der Waals surface area (Å²) in [7, 11) is 0. The van der Waals surface area contributed by atoms with E-state index in [0.717, 1.165) is 68.2 Å². The molecule has 1 aromatic carbocycles. The average molecular weight is 394 g/mol. The summed E-state index contributed by atoms with van der Waals surface area (Å²) in [4.78, 5) is 2.28. The van der Waals surface area contributed by atoms with Crippen LogP contribution in [0.3, 0.4) is 0 Å². The van der Waals surface area contributed by atoms with E-state index >= 15 is 0 Å². The van der Waals surface area contributed by atoms with Crippen LogP contribution in [0.2, 0.25) is 0 Å². The van der Waals surface area contributed by atoms with Crippen molar-refractivity contribution in [1.29, 1.82) is 0 Å². The Labute approximate surface area is 168 Å². The van der Waals surface area contributed by atoms with Crippen LogP contribution in [0.4, 0.5) is 11.5 Å². The number of nitrogens with zero attached hydrogens (tertiary/aromatic N) is 6. The van der Waals surface area contributed by atoms with Gasteiger partial charge in [0.05, 0.1) is 17.4 Å². The summed E-state index contributed by atoms with van der Waals surface area (Å²) < 4.78 is 2.04. The fourth-order valence-electron chi connectivity index (χ4n) is 4.37. The van der Waals surface area contributed by atoms with Crippen LogP contribution in [0.15, 0.2) is 24.4 Å². The lowest BCUT2D eigenvalue weighted by molar-refractivity contribution is 0.541. The van der Waals surface area contributed by atoms with Gasteiger partial charge in [-0.1, -0.05) is 6.07 Å². The van der Waals surface area contributed by atoms with E-state index in [0.29, 0.717) is 18.4 Å². The highest BCUT2D eigenvalue weighted by Gasteiger charge is 2.26. The van der Waals surface area contributed by atoms with Crippen LogP contribution in [-0.4, -0.2) is 56.1 Å². The minimum atomic E-state index is 0.407. The molecule has 2 aromatic heterocycles. The number of nitrogens with two attached hydrogens (primary N) is 1. The van der Waals surface area contributed by atoms with Gasteiger partial charge in [0.1, 0.15) is 5.82 Å². The van der Waals surface area contributed by atoms with Crippen molar-refractivity contribution in [2.24, 2.45) is 5.73 Å². The first-order valence-corrected chi connectivity index (χ1v) is 10.2. The Morgan fingerprint density at radius 1 is 1.24 bits per heavy atom. The Bertz CT molecular complexity index is 958. The van der Waals surface area contributed by atoms with Gasteiger partial charge in [-0.15, -0.1) is 10.2 Å². The minimum absolute atomic E-state index is 0.407. The van der Waals surface area contributed by atoms with Crippen molar-refractivity contribution in [1.82, 2.24) is 41.0 Å². The molecule has 0 amide bonds. The van der Waals surface area contributed by atoms with Crippen molar-refractivity contribution in [3.63, 3.8) is 0 Å². The van der Waals surface area contributed by atoms with E-state index in [-0.39, 0.29) is 0 Å². The van der Waals surface area contributed by atoms with E-state index in [2.05, 4.69) is 53.4 Å². The van der Waals surface area contributed by atoms with Crippen molar-refractivity contribution in [2.75, 3.05) is 24.5 Å². The van der Waals surface area contributed by atoms with Gasteiger partial charge in [0, 0.05) is 44.8 Å². The predicted molar refractivity (Wildman–Crippen MR) is 109 cm³/mol. The van der Waals surface area contributed by atoms with Crippen molar-refractivity contribution in [2.45, 2.75) is 38.5 Å². The molecule has 3 aromatic rings. The Kier molecular flexibility index (Phi) is 4.96. The number of tetrazole rings is 1. The third-order valence-corrected chi connectivity index (χ3v) is 5.82. The van der Waals surface area contributed by atoms with Gasteiger partial charge in [0.25, 0.3) is 0 Å². The van der Waals surface area contributed by atoms with Gasteiger partial charge in [-0.3, -0.25) is 0 Å². The first-order valence-electron chi connectivity index (χ1n) is 10.2. The molecule has 1 fully saturated rings. The maximum absolute atomic E-state index is 6.25. The lowest BCUT2D eigenvalue weighted by atomic mass is 9.96. The third-order valence-electron chi connectivity index (χ3n) is 5.82. The molecule has 1 atom stereocenters. The molecule has 0 bridgehead atoms. The molecule has 4 heterocycles. The van der Waals surface area contributed by atoms with Crippen LogP contribution in [0.25, 0.3) is 11.4 Å². The number of fused-ring (bicyclic) bond motifs is 1. The fraction of sp³-hybridized carbons (Fsp3) is 0.474. The summed E-state index contributed by atoms with van der Waals surface area (Å²) in [6, 6.07) is 6.86. The van der Waals surface area contributed by atoms with Crippen LogP contribution in [0, 0.1) is 0 Å². The van der Waals surface area contributed by atoms with Crippen LogP contribution in [0.5, 0.6) is 0 Å². The number of rotatable bonds is 6. The molecular formula is C19H26N10. The van der Waals surface area contributed by atoms with E-state index in [9.17, 15) is 0 Å². The summed E-state index contributed by atoms with van der Waals surface area (Å²) in [5, 5.41) is 26.5. The van der Waals surface area contributed by atoms with Crippen LogP contribution >= 0.6 is 0 Å². The largest absolute Gasteiger partial charge is 0.326 e. The second-order valence-electron chi connectivity index (χ2n) is 7.53. The lowest BCUT2D eigenvalue weighted by Crippen LogP contribution is -2.31. The number of hydrogen-bond acceptors (Lipinski definition) is 8. The van der Waals surface area contributed by atoms with Crippen LogP contribution < -0.4 is 21.3 Å². The Hall–Kier alpha value is -2.82. The molecule has 5 N–H and O–H groups in total. The second-order valence-corrected chi connectivity index (χ2v) is 7.53. The maximum atomic E-state index is 6.25. The van der Waals surface area contributed by atoms with Crippen molar-refractivity contribution < 1.29 is 0 Å². The molecule has 5 rings (SSSR count). The SMILES string of the molecule is NCc1c(CN[C@@H]2CCNC2)ccc(N2CCCn3nccc32)c1-c1nn[nH]n1. The van der Waals surface area contributed by atoms with Gasteiger partial charge < -0.3 is 21.3 Å². The average Bonchev–Trinajstić information content (AvgIpc) is 3.53. The van der Waals surface area contributed by atoms with E-state index in [4.69, 9.17) is 5.73 Å². The summed E-state index contributed by atoms with van der Waals surface area (Å²) in [6.45, 7) is 5.08. The number of anilines is 2. The molecule has 0 unspecified atom stereocenters. The first kappa shape index (κ1) is 18.2. The van der Waals surface area contributed by atoms with Crippen LogP contribution in [-0.2, 0) is 19.6 Å². The molecule has 2 aliphatic rings. The van der Waals surface area contributed by atoms with E-state index in [1.165, 1.54) is 5.56 Å². The summed E-state index contributed by atoms with van der Waals surface area (Å²) >= 11 is 0. The van der Waals surface area contributed by atoms with Gasteiger partial charge in [0.15, 0.2) is 0 Å². The number of H-pyrrole nitrogens is 1. The van der Waals surface area contributed by atoms with E-state index in [1.54, 1.807) is 0 Å². The number of aromatic nitrogens is 6.